The fourth-order valence-corrected chi connectivity index (χ4v) is 3.74. The SMILES string of the molecule is CC(C)(CC(=O)NCc1ccc(S(=O)(=O)CCO)cc1)c1ccccc1. The number of carbonyl (C=O) groups excluding carboxylic acids is 1. The summed E-state index contributed by atoms with van der Waals surface area (Å²) in [5.41, 5.74) is 1.65. The summed E-state index contributed by atoms with van der Waals surface area (Å²) in [5.74, 6) is -0.353. The van der Waals surface area contributed by atoms with Crippen LogP contribution in [0.15, 0.2) is 59.5 Å². The Balaban J connectivity index is 1.93. The Morgan fingerprint density at radius 2 is 1.65 bits per heavy atom. The molecule has 0 aliphatic heterocycles. The van der Waals surface area contributed by atoms with Crippen LogP contribution >= 0.6 is 0 Å². The molecule has 0 aromatic heterocycles. The van der Waals surface area contributed by atoms with Crippen LogP contribution in [0.1, 0.15) is 31.4 Å². The summed E-state index contributed by atoms with van der Waals surface area (Å²) in [5, 5.41) is 11.7. The van der Waals surface area contributed by atoms with Crippen molar-refractivity contribution in [3.05, 3.63) is 65.7 Å². The second-order valence-corrected chi connectivity index (χ2v) is 9.00. The molecule has 2 N–H and O–H groups in total. The minimum atomic E-state index is -3.45. The topological polar surface area (TPSA) is 83.5 Å². The van der Waals surface area contributed by atoms with E-state index in [4.69, 9.17) is 5.11 Å². The summed E-state index contributed by atoms with van der Waals surface area (Å²) in [7, 11) is -3.45. The van der Waals surface area contributed by atoms with Crippen molar-refractivity contribution in [1.29, 1.82) is 0 Å². The molecule has 140 valence electrons. The number of amides is 1. The lowest BCUT2D eigenvalue weighted by atomic mass is 9.81. The number of aliphatic hydroxyl groups is 1. The number of nitrogens with one attached hydrogen (secondary N) is 1. The molecule has 26 heavy (non-hydrogen) atoms. The second kappa shape index (κ2) is 8.47. The minimum Gasteiger partial charge on any atom is -0.395 e. The molecule has 6 heteroatoms. The number of benzene rings is 2. The van der Waals surface area contributed by atoms with Crippen LogP contribution in [-0.4, -0.2) is 31.8 Å². The van der Waals surface area contributed by atoms with Gasteiger partial charge in [-0.3, -0.25) is 4.79 Å². The van der Waals surface area contributed by atoms with Crippen LogP contribution < -0.4 is 5.32 Å². The Morgan fingerprint density at radius 1 is 1.04 bits per heavy atom. The predicted molar refractivity (Wildman–Crippen MR) is 102 cm³/mol. The molecule has 2 aromatic rings. The van der Waals surface area contributed by atoms with E-state index in [9.17, 15) is 13.2 Å². The zero-order valence-electron chi connectivity index (χ0n) is 15.1. The van der Waals surface area contributed by atoms with Gasteiger partial charge in [0.15, 0.2) is 9.84 Å². The molecule has 2 rings (SSSR count). The third-order valence-electron chi connectivity index (χ3n) is 4.29. The summed E-state index contributed by atoms with van der Waals surface area (Å²) >= 11 is 0. The lowest BCUT2D eigenvalue weighted by molar-refractivity contribution is -0.122. The summed E-state index contributed by atoms with van der Waals surface area (Å²) in [6, 6.07) is 16.2. The number of rotatable bonds is 8. The first-order valence-electron chi connectivity index (χ1n) is 8.49. The summed E-state index contributed by atoms with van der Waals surface area (Å²) in [4.78, 5) is 12.5. The molecule has 0 radical (unpaired) electrons. The van der Waals surface area contributed by atoms with E-state index in [-0.39, 0.29) is 22.0 Å². The maximum absolute atomic E-state index is 12.3. The molecule has 1 amide bonds. The van der Waals surface area contributed by atoms with Crippen molar-refractivity contribution in [2.24, 2.45) is 0 Å². The number of carbonyl (C=O) groups is 1. The standard InChI is InChI=1S/C20H25NO4S/c1-20(2,17-6-4-3-5-7-17)14-19(23)21-15-16-8-10-18(11-9-16)26(24,25)13-12-22/h3-11,22H,12-15H2,1-2H3,(H,21,23). The average Bonchev–Trinajstić information content (AvgIpc) is 2.61. The first kappa shape index (κ1) is 20.1. The molecule has 0 saturated heterocycles. The zero-order valence-corrected chi connectivity index (χ0v) is 15.9. The van der Waals surface area contributed by atoms with Crippen molar-refractivity contribution in [2.45, 2.75) is 37.1 Å². The Bertz CT molecular complexity index is 828. The fourth-order valence-electron chi connectivity index (χ4n) is 2.71. The van der Waals surface area contributed by atoms with Gasteiger partial charge < -0.3 is 10.4 Å². The highest BCUT2D eigenvalue weighted by Crippen LogP contribution is 2.26. The van der Waals surface area contributed by atoms with Crippen LogP contribution in [0.25, 0.3) is 0 Å². The summed E-state index contributed by atoms with van der Waals surface area (Å²) in [6.07, 6.45) is 0.361. The van der Waals surface area contributed by atoms with E-state index in [2.05, 4.69) is 5.32 Å². The van der Waals surface area contributed by atoms with Gasteiger partial charge in [0.25, 0.3) is 0 Å². The van der Waals surface area contributed by atoms with Gasteiger partial charge in [-0.15, -0.1) is 0 Å². The number of aliphatic hydroxyl groups excluding tert-OH is 1. The smallest absolute Gasteiger partial charge is 0.221 e. The van der Waals surface area contributed by atoms with Gasteiger partial charge in [-0.1, -0.05) is 56.3 Å². The molecule has 0 spiro atoms. The van der Waals surface area contributed by atoms with Crippen LogP contribution in [0, 0.1) is 0 Å². The van der Waals surface area contributed by atoms with Gasteiger partial charge in [0, 0.05) is 13.0 Å². The van der Waals surface area contributed by atoms with Gasteiger partial charge in [-0.2, -0.15) is 0 Å². The van der Waals surface area contributed by atoms with E-state index in [0.29, 0.717) is 13.0 Å². The number of hydrogen-bond donors (Lipinski definition) is 2. The quantitative estimate of drug-likeness (QED) is 0.742. The normalized spacial score (nSPS) is 12.0. The molecule has 0 fully saturated rings. The van der Waals surface area contributed by atoms with E-state index < -0.39 is 16.4 Å². The first-order valence-corrected chi connectivity index (χ1v) is 10.1. The largest absolute Gasteiger partial charge is 0.395 e. The first-order chi connectivity index (χ1) is 12.2. The van der Waals surface area contributed by atoms with Gasteiger partial charge in [0.2, 0.25) is 5.91 Å². The molecule has 0 bridgehead atoms. The second-order valence-electron chi connectivity index (χ2n) is 6.89. The predicted octanol–water partition coefficient (Wildman–Crippen LogP) is 2.44. The maximum Gasteiger partial charge on any atom is 0.221 e. The van der Waals surface area contributed by atoms with Gasteiger partial charge in [0.05, 0.1) is 17.3 Å². The Morgan fingerprint density at radius 3 is 2.23 bits per heavy atom. The Kier molecular flexibility index (Phi) is 6.56. The van der Waals surface area contributed by atoms with E-state index >= 15 is 0 Å². The highest BCUT2D eigenvalue weighted by molar-refractivity contribution is 7.91. The molecule has 0 heterocycles. The van der Waals surface area contributed by atoms with Crippen molar-refractivity contribution < 1.29 is 18.3 Å². The molecule has 2 aromatic carbocycles. The van der Waals surface area contributed by atoms with E-state index in [1.54, 1.807) is 12.1 Å². The number of sulfone groups is 1. The van der Waals surface area contributed by atoms with Gasteiger partial charge in [-0.05, 0) is 28.7 Å². The van der Waals surface area contributed by atoms with Crippen LogP contribution in [-0.2, 0) is 26.6 Å². The van der Waals surface area contributed by atoms with E-state index in [1.165, 1.54) is 12.1 Å². The average molecular weight is 375 g/mol. The lowest BCUT2D eigenvalue weighted by Gasteiger charge is -2.24. The van der Waals surface area contributed by atoms with Crippen LogP contribution in [0.5, 0.6) is 0 Å². The monoisotopic (exact) mass is 375 g/mol. The van der Waals surface area contributed by atoms with Gasteiger partial charge in [-0.25, -0.2) is 8.42 Å². The number of hydrogen-bond acceptors (Lipinski definition) is 4. The maximum atomic E-state index is 12.3. The molecule has 0 aliphatic carbocycles. The lowest BCUT2D eigenvalue weighted by Crippen LogP contribution is -2.30. The third-order valence-corrected chi connectivity index (χ3v) is 6.00. The summed E-state index contributed by atoms with van der Waals surface area (Å²) < 4.78 is 23.7. The molecule has 0 aliphatic rings. The molecule has 5 nitrogen and oxygen atoms in total. The van der Waals surface area contributed by atoms with Crippen LogP contribution in [0.2, 0.25) is 0 Å². The molecule has 0 saturated carbocycles. The minimum absolute atomic E-state index is 0.0594. The van der Waals surface area contributed by atoms with E-state index in [1.807, 2.05) is 44.2 Å². The van der Waals surface area contributed by atoms with E-state index in [0.717, 1.165) is 11.1 Å². The van der Waals surface area contributed by atoms with Crippen LogP contribution in [0.4, 0.5) is 0 Å². The molecular formula is C20H25NO4S. The van der Waals surface area contributed by atoms with Gasteiger partial charge in [0.1, 0.15) is 0 Å². The summed E-state index contributed by atoms with van der Waals surface area (Å²) in [6.45, 7) is 3.99. The van der Waals surface area contributed by atoms with Crippen molar-refractivity contribution in [1.82, 2.24) is 5.32 Å². The Labute approximate surface area is 155 Å². The van der Waals surface area contributed by atoms with Crippen molar-refractivity contribution in [3.63, 3.8) is 0 Å². The Hall–Kier alpha value is -2.18. The molecule has 0 unspecified atom stereocenters. The van der Waals surface area contributed by atoms with Crippen LogP contribution in [0.3, 0.4) is 0 Å². The zero-order chi connectivity index (χ0) is 19.2. The fraction of sp³-hybridized carbons (Fsp3) is 0.350. The molecular weight excluding hydrogens is 350 g/mol. The third kappa shape index (κ3) is 5.41. The van der Waals surface area contributed by atoms with Crippen molar-refractivity contribution >= 4 is 15.7 Å². The highest BCUT2D eigenvalue weighted by Gasteiger charge is 2.23. The van der Waals surface area contributed by atoms with Gasteiger partial charge >= 0.3 is 0 Å². The highest BCUT2D eigenvalue weighted by atomic mass is 32.2. The molecule has 0 atom stereocenters. The van der Waals surface area contributed by atoms with Crippen molar-refractivity contribution in [2.75, 3.05) is 12.4 Å². The van der Waals surface area contributed by atoms with Crippen molar-refractivity contribution in [3.8, 4) is 0 Å².